The van der Waals surface area contributed by atoms with Gasteiger partial charge in [-0.05, 0) is 43.2 Å². The van der Waals surface area contributed by atoms with Gasteiger partial charge in [0.2, 0.25) is 0 Å². The molecule has 1 saturated heterocycles. The summed E-state index contributed by atoms with van der Waals surface area (Å²) in [6.07, 6.45) is 2.34. The lowest BCUT2D eigenvalue weighted by molar-refractivity contribution is 0.102. The van der Waals surface area contributed by atoms with Crippen LogP contribution in [0.5, 0.6) is 5.75 Å². The van der Waals surface area contributed by atoms with E-state index in [0.29, 0.717) is 11.4 Å². The second kappa shape index (κ2) is 6.69. The Labute approximate surface area is 134 Å². The van der Waals surface area contributed by atoms with E-state index in [-0.39, 0.29) is 5.56 Å². The minimum Gasteiger partial charge on any atom is -0.495 e. The molecular formula is C18H19FN2O2. The molecule has 0 unspecified atom stereocenters. The number of rotatable bonds is 4. The molecule has 0 atom stereocenters. The number of amides is 1. The van der Waals surface area contributed by atoms with E-state index in [1.54, 1.807) is 19.2 Å². The number of nitrogens with one attached hydrogen (secondary N) is 1. The van der Waals surface area contributed by atoms with Gasteiger partial charge < -0.3 is 15.0 Å². The van der Waals surface area contributed by atoms with E-state index in [9.17, 15) is 9.18 Å². The Morgan fingerprint density at radius 3 is 2.61 bits per heavy atom. The summed E-state index contributed by atoms with van der Waals surface area (Å²) in [7, 11) is 1.55. The molecule has 0 saturated carbocycles. The van der Waals surface area contributed by atoms with Gasteiger partial charge in [-0.1, -0.05) is 12.1 Å². The molecule has 2 aromatic carbocycles. The van der Waals surface area contributed by atoms with Gasteiger partial charge in [0, 0.05) is 18.8 Å². The van der Waals surface area contributed by atoms with Gasteiger partial charge in [0.15, 0.2) is 0 Å². The molecule has 1 N–H and O–H groups in total. The number of methoxy groups -OCH3 is 1. The van der Waals surface area contributed by atoms with Gasteiger partial charge in [-0.15, -0.1) is 0 Å². The number of anilines is 2. The number of nitrogens with zero attached hydrogens (tertiary/aromatic N) is 1. The van der Waals surface area contributed by atoms with Crippen molar-refractivity contribution in [2.75, 3.05) is 30.4 Å². The highest BCUT2D eigenvalue weighted by atomic mass is 19.1. The second-order valence-corrected chi connectivity index (χ2v) is 5.51. The first-order valence-electron chi connectivity index (χ1n) is 7.68. The molecule has 5 heteroatoms. The van der Waals surface area contributed by atoms with Crippen LogP contribution in [0.3, 0.4) is 0 Å². The molecule has 0 aromatic heterocycles. The Balaban J connectivity index is 1.87. The highest BCUT2D eigenvalue weighted by Crippen LogP contribution is 2.31. The fourth-order valence-corrected chi connectivity index (χ4v) is 2.80. The standard InChI is InChI=1S/C18H19FN2O2/c1-23-17-9-8-13(21-10-4-5-11-21)12-16(17)20-18(22)14-6-2-3-7-15(14)19/h2-3,6-9,12H,4-5,10-11H2,1H3,(H,20,22). The number of hydrogen-bond donors (Lipinski definition) is 1. The Bertz CT molecular complexity index is 712. The molecule has 0 spiro atoms. The van der Waals surface area contributed by atoms with Gasteiger partial charge in [-0.25, -0.2) is 4.39 Å². The van der Waals surface area contributed by atoms with Crippen molar-refractivity contribution < 1.29 is 13.9 Å². The summed E-state index contributed by atoms with van der Waals surface area (Å²) in [5, 5.41) is 2.75. The molecule has 120 valence electrons. The van der Waals surface area contributed by atoms with Crippen LogP contribution >= 0.6 is 0 Å². The van der Waals surface area contributed by atoms with Crippen LogP contribution in [0.2, 0.25) is 0 Å². The van der Waals surface area contributed by atoms with E-state index < -0.39 is 11.7 Å². The average Bonchev–Trinajstić information content (AvgIpc) is 3.09. The number of carbonyl (C=O) groups excluding carboxylic acids is 1. The second-order valence-electron chi connectivity index (χ2n) is 5.51. The van der Waals surface area contributed by atoms with E-state index in [1.807, 2.05) is 18.2 Å². The number of ether oxygens (including phenoxy) is 1. The maximum atomic E-state index is 13.7. The van der Waals surface area contributed by atoms with Crippen LogP contribution in [-0.2, 0) is 0 Å². The summed E-state index contributed by atoms with van der Waals surface area (Å²) in [4.78, 5) is 14.6. The molecule has 1 heterocycles. The Hall–Kier alpha value is -2.56. The third kappa shape index (κ3) is 3.28. The zero-order valence-corrected chi connectivity index (χ0v) is 13.0. The first-order valence-corrected chi connectivity index (χ1v) is 7.68. The van der Waals surface area contributed by atoms with Crippen molar-refractivity contribution in [1.29, 1.82) is 0 Å². The van der Waals surface area contributed by atoms with E-state index in [1.165, 1.54) is 25.0 Å². The van der Waals surface area contributed by atoms with E-state index in [4.69, 9.17) is 4.74 Å². The van der Waals surface area contributed by atoms with Crippen LogP contribution < -0.4 is 15.0 Å². The monoisotopic (exact) mass is 314 g/mol. The number of halogens is 1. The van der Waals surface area contributed by atoms with Gasteiger partial charge in [0.1, 0.15) is 11.6 Å². The third-order valence-corrected chi connectivity index (χ3v) is 4.02. The van der Waals surface area contributed by atoms with Crippen molar-refractivity contribution >= 4 is 17.3 Å². The molecule has 0 radical (unpaired) electrons. The largest absolute Gasteiger partial charge is 0.495 e. The molecule has 1 fully saturated rings. The van der Waals surface area contributed by atoms with Crippen molar-refractivity contribution in [2.24, 2.45) is 0 Å². The lowest BCUT2D eigenvalue weighted by Crippen LogP contribution is -2.19. The molecule has 3 rings (SSSR count). The first-order chi connectivity index (χ1) is 11.2. The summed E-state index contributed by atoms with van der Waals surface area (Å²) in [5.74, 6) is -0.475. The van der Waals surface area contributed by atoms with Crippen molar-refractivity contribution in [1.82, 2.24) is 0 Å². The fourth-order valence-electron chi connectivity index (χ4n) is 2.80. The maximum absolute atomic E-state index is 13.7. The van der Waals surface area contributed by atoms with Crippen LogP contribution in [0.25, 0.3) is 0 Å². The fraction of sp³-hybridized carbons (Fsp3) is 0.278. The smallest absolute Gasteiger partial charge is 0.258 e. The number of benzene rings is 2. The van der Waals surface area contributed by atoms with Crippen LogP contribution in [0.1, 0.15) is 23.2 Å². The minimum atomic E-state index is -0.542. The normalized spacial score (nSPS) is 13.9. The summed E-state index contributed by atoms with van der Waals surface area (Å²) < 4.78 is 19.1. The van der Waals surface area contributed by atoms with Crippen LogP contribution in [0.15, 0.2) is 42.5 Å². The molecule has 2 aromatic rings. The summed E-state index contributed by atoms with van der Waals surface area (Å²) in [5.41, 5.74) is 1.60. The van der Waals surface area contributed by atoms with Crippen molar-refractivity contribution in [3.8, 4) is 5.75 Å². The minimum absolute atomic E-state index is 0.0149. The van der Waals surface area contributed by atoms with Gasteiger partial charge >= 0.3 is 0 Å². The maximum Gasteiger partial charge on any atom is 0.258 e. The van der Waals surface area contributed by atoms with E-state index >= 15 is 0 Å². The highest BCUT2D eigenvalue weighted by molar-refractivity contribution is 6.05. The Morgan fingerprint density at radius 1 is 1.17 bits per heavy atom. The predicted octanol–water partition coefficient (Wildman–Crippen LogP) is 3.69. The molecule has 1 aliphatic heterocycles. The summed E-state index contributed by atoms with van der Waals surface area (Å²) >= 11 is 0. The summed E-state index contributed by atoms with van der Waals surface area (Å²) in [6, 6.07) is 11.6. The van der Waals surface area contributed by atoms with Crippen LogP contribution in [0.4, 0.5) is 15.8 Å². The number of carbonyl (C=O) groups is 1. The van der Waals surface area contributed by atoms with Crippen molar-refractivity contribution in [3.05, 3.63) is 53.8 Å². The summed E-state index contributed by atoms with van der Waals surface area (Å²) in [6.45, 7) is 2.01. The molecule has 23 heavy (non-hydrogen) atoms. The predicted molar refractivity (Wildman–Crippen MR) is 88.8 cm³/mol. The van der Waals surface area contributed by atoms with Gasteiger partial charge in [0.05, 0.1) is 18.4 Å². The molecule has 0 aliphatic carbocycles. The highest BCUT2D eigenvalue weighted by Gasteiger charge is 2.17. The number of hydrogen-bond acceptors (Lipinski definition) is 3. The zero-order chi connectivity index (χ0) is 16.2. The van der Waals surface area contributed by atoms with Crippen molar-refractivity contribution in [3.63, 3.8) is 0 Å². The van der Waals surface area contributed by atoms with Crippen LogP contribution in [0, 0.1) is 5.82 Å². The van der Waals surface area contributed by atoms with Gasteiger partial charge in [0.25, 0.3) is 5.91 Å². The van der Waals surface area contributed by atoms with Gasteiger partial charge in [-0.2, -0.15) is 0 Å². The topological polar surface area (TPSA) is 41.6 Å². The lowest BCUT2D eigenvalue weighted by atomic mass is 10.2. The Kier molecular flexibility index (Phi) is 4.46. The van der Waals surface area contributed by atoms with Gasteiger partial charge in [-0.3, -0.25) is 4.79 Å². The SMILES string of the molecule is COc1ccc(N2CCCC2)cc1NC(=O)c1ccccc1F. The molecule has 0 bridgehead atoms. The van der Waals surface area contributed by atoms with Crippen LogP contribution in [-0.4, -0.2) is 26.1 Å². The zero-order valence-electron chi connectivity index (χ0n) is 13.0. The average molecular weight is 314 g/mol. The quantitative estimate of drug-likeness (QED) is 0.936. The van der Waals surface area contributed by atoms with E-state index in [2.05, 4.69) is 10.2 Å². The van der Waals surface area contributed by atoms with E-state index in [0.717, 1.165) is 18.8 Å². The Morgan fingerprint density at radius 2 is 1.91 bits per heavy atom. The lowest BCUT2D eigenvalue weighted by Gasteiger charge is -2.20. The molecule has 1 amide bonds. The van der Waals surface area contributed by atoms with Crippen molar-refractivity contribution in [2.45, 2.75) is 12.8 Å². The molecule has 1 aliphatic rings. The molecular weight excluding hydrogens is 295 g/mol. The molecule has 4 nitrogen and oxygen atoms in total. The third-order valence-electron chi connectivity index (χ3n) is 4.02. The first kappa shape index (κ1) is 15.3.